The molecule has 0 saturated carbocycles. The fourth-order valence-corrected chi connectivity index (χ4v) is 3.27. The molecular formula is C16H14Cl3NOS. The van der Waals surface area contributed by atoms with Crippen molar-refractivity contribution in [3.63, 3.8) is 0 Å². The SMILES string of the molecule is O=C(Cc1ccccc1)N[C@@H](Sc1ccccc1)C(Cl)(Cl)Cl. The van der Waals surface area contributed by atoms with Gasteiger partial charge in [-0.05, 0) is 17.7 Å². The van der Waals surface area contributed by atoms with Crippen LogP contribution < -0.4 is 5.32 Å². The number of hydrogen-bond acceptors (Lipinski definition) is 2. The van der Waals surface area contributed by atoms with E-state index in [9.17, 15) is 4.79 Å². The van der Waals surface area contributed by atoms with Crippen molar-refractivity contribution in [1.82, 2.24) is 5.32 Å². The Bertz CT molecular complexity index is 602. The first kappa shape index (κ1) is 17.5. The van der Waals surface area contributed by atoms with E-state index >= 15 is 0 Å². The maximum absolute atomic E-state index is 12.2. The molecule has 0 fully saturated rings. The molecule has 0 aliphatic heterocycles. The molecule has 1 amide bonds. The molecule has 0 aliphatic rings. The van der Waals surface area contributed by atoms with Crippen LogP contribution in [0.4, 0.5) is 0 Å². The van der Waals surface area contributed by atoms with Crippen molar-refractivity contribution >= 4 is 52.5 Å². The summed E-state index contributed by atoms with van der Waals surface area (Å²) in [5.41, 5.74) is 0.910. The lowest BCUT2D eigenvalue weighted by molar-refractivity contribution is -0.120. The second-order valence-corrected chi connectivity index (χ2v) is 8.13. The van der Waals surface area contributed by atoms with Crippen LogP contribution >= 0.6 is 46.6 Å². The molecule has 2 nitrogen and oxygen atoms in total. The van der Waals surface area contributed by atoms with Gasteiger partial charge in [0.25, 0.3) is 0 Å². The van der Waals surface area contributed by atoms with Crippen LogP contribution in [0.3, 0.4) is 0 Å². The zero-order valence-electron chi connectivity index (χ0n) is 11.5. The third kappa shape index (κ3) is 5.73. The molecule has 22 heavy (non-hydrogen) atoms. The zero-order chi connectivity index (χ0) is 16.0. The van der Waals surface area contributed by atoms with E-state index < -0.39 is 9.17 Å². The number of hydrogen-bond donors (Lipinski definition) is 1. The van der Waals surface area contributed by atoms with Crippen LogP contribution in [0.25, 0.3) is 0 Å². The standard InChI is InChI=1S/C16H14Cl3NOS/c17-16(18,19)15(22-13-9-5-2-6-10-13)20-14(21)11-12-7-3-1-4-8-12/h1-10,15H,11H2,(H,20,21)/t15-/m0/s1. The summed E-state index contributed by atoms with van der Waals surface area (Å²) in [4.78, 5) is 13.1. The number of benzene rings is 2. The fourth-order valence-electron chi connectivity index (χ4n) is 1.79. The molecule has 1 atom stereocenters. The number of carbonyl (C=O) groups excluding carboxylic acids is 1. The highest BCUT2D eigenvalue weighted by Crippen LogP contribution is 2.39. The number of carbonyl (C=O) groups is 1. The first-order chi connectivity index (χ1) is 10.4. The summed E-state index contributed by atoms with van der Waals surface area (Å²) in [7, 11) is 0. The fraction of sp³-hybridized carbons (Fsp3) is 0.188. The van der Waals surface area contributed by atoms with E-state index in [2.05, 4.69) is 5.32 Å². The highest BCUT2D eigenvalue weighted by molar-refractivity contribution is 8.00. The first-order valence-corrected chi connectivity index (χ1v) is 8.58. The maximum Gasteiger partial charge on any atom is 0.225 e. The maximum atomic E-state index is 12.2. The Morgan fingerprint density at radius 2 is 1.55 bits per heavy atom. The molecule has 2 rings (SSSR count). The van der Waals surface area contributed by atoms with E-state index in [4.69, 9.17) is 34.8 Å². The van der Waals surface area contributed by atoms with Crippen molar-refractivity contribution < 1.29 is 4.79 Å². The van der Waals surface area contributed by atoms with E-state index in [1.165, 1.54) is 11.8 Å². The van der Waals surface area contributed by atoms with Gasteiger partial charge in [-0.15, -0.1) is 0 Å². The number of nitrogens with one attached hydrogen (secondary N) is 1. The third-order valence-electron chi connectivity index (χ3n) is 2.79. The largest absolute Gasteiger partial charge is 0.340 e. The van der Waals surface area contributed by atoms with Crippen LogP contribution in [0.2, 0.25) is 0 Å². The summed E-state index contributed by atoms with van der Waals surface area (Å²) in [6, 6.07) is 18.9. The summed E-state index contributed by atoms with van der Waals surface area (Å²) >= 11 is 19.3. The zero-order valence-corrected chi connectivity index (χ0v) is 14.6. The number of thioether (sulfide) groups is 1. The van der Waals surface area contributed by atoms with Crippen molar-refractivity contribution in [1.29, 1.82) is 0 Å². The van der Waals surface area contributed by atoms with Gasteiger partial charge in [-0.1, -0.05) is 95.1 Å². The number of amides is 1. The topological polar surface area (TPSA) is 29.1 Å². The highest BCUT2D eigenvalue weighted by Gasteiger charge is 2.34. The van der Waals surface area contributed by atoms with Gasteiger partial charge < -0.3 is 5.32 Å². The minimum atomic E-state index is -1.60. The van der Waals surface area contributed by atoms with Crippen LogP contribution in [0.5, 0.6) is 0 Å². The molecule has 0 unspecified atom stereocenters. The van der Waals surface area contributed by atoms with E-state index in [0.717, 1.165) is 10.5 Å². The van der Waals surface area contributed by atoms with E-state index in [1.807, 2.05) is 60.7 Å². The summed E-state index contributed by atoms with van der Waals surface area (Å²) < 4.78 is -1.60. The average molecular weight is 375 g/mol. The second-order valence-electron chi connectivity index (χ2n) is 4.58. The molecular weight excluding hydrogens is 361 g/mol. The van der Waals surface area contributed by atoms with Crippen molar-refractivity contribution in [2.24, 2.45) is 0 Å². The predicted octanol–water partition coefficient (Wildman–Crippen LogP) is 4.83. The quantitative estimate of drug-likeness (QED) is 0.461. The van der Waals surface area contributed by atoms with Gasteiger partial charge in [-0.25, -0.2) is 0 Å². The second kappa shape index (κ2) is 8.11. The van der Waals surface area contributed by atoms with Crippen molar-refractivity contribution in [3.8, 4) is 0 Å². The Balaban J connectivity index is 2.02. The normalized spacial score (nSPS) is 12.7. The molecule has 2 aromatic rings. The number of halogens is 3. The Hall–Kier alpha value is -0.870. The van der Waals surface area contributed by atoms with Gasteiger partial charge in [0.1, 0.15) is 5.37 Å². The lowest BCUT2D eigenvalue weighted by atomic mass is 10.1. The molecule has 0 aromatic heterocycles. The van der Waals surface area contributed by atoms with Crippen LogP contribution in [-0.4, -0.2) is 15.1 Å². The molecule has 0 bridgehead atoms. The molecule has 116 valence electrons. The molecule has 0 spiro atoms. The Morgan fingerprint density at radius 3 is 2.09 bits per heavy atom. The van der Waals surface area contributed by atoms with Gasteiger partial charge in [0.15, 0.2) is 0 Å². The molecule has 0 heterocycles. The smallest absolute Gasteiger partial charge is 0.225 e. The van der Waals surface area contributed by atoms with Crippen LogP contribution in [0, 0.1) is 0 Å². The monoisotopic (exact) mass is 373 g/mol. The van der Waals surface area contributed by atoms with Gasteiger partial charge in [0.2, 0.25) is 9.70 Å². The van der Waals surface area contributed by atoms with Crippen LogP contribution in [0.1, 0.15) is 5.56 Å². The van der Waals surface area contributed by atoms with Crippen LogP contribution in [-0.2, 0) is 11.2 Å². The Labute approximate surface area is 149 Å². The Kier molecular flexibility index (Phi) is 6.45. The van der Waals surface area contributed by atoms with Crippen LogP contribution in [0.15, 0.2) is 65.6 Å². The minimum absolute atomic E-state index is 0.189. The summed E-state index contributed by atoms with van der Waals surface area (Å²) in [6.07, 6.45) is 0.243. The molecule has 2 aromatic carbocycles. The van der Waals surface area contributed by atoms with Crippen molar-refractivity contribution in [3.05, 3.63) is 66.2 Å². The highest BCUT2D eigenvalue weighted by atomic mass is 35.6. The summed E-state index contributed by atoms with van der Waals surface area (Å²) in [5.74, 6) is -0.189. The summed E-state index contributed by atoms with van der Waals surface area (Å²) in [5, 5.41) is 2.11. The molecule has 0 aliphatic carbocycles. The van der Waals surface area contributed by atoms with E-state index in [1.54, 1.807) is 0 Å². The van der Waals surface area contributed by atoms with Gasteiger partial charge in [-0.3, -0.25) is 4.79 Å². The minimum Gasteiger partial charge on any atom is -0.340 e. The van der Waals surface area contributed by atoms with Gasteiger partial charge >= 0.3 is 0 Å². The number of rotatable bonds is 5. The van der Waals surface area contributed by atoms with Gasteiger partial charge in [0, 0.05) is 4.90 Å². The van der Waals surface area contributed by atoms with E-state index in [0.29, 0.717) is 0 Å². The average Bonchev–Trinajstić information content (AvgIpc) is 2.48. The molecule has 1 N–H and O–H groups in total. The predicted molar refractivity (Wildman–Crippen MR) is 94.7 cm³/mol. The lowest BCUT2D eigenvalue weighted by Crippen LogP contribution is -2.42. The molecule has 0 radical (unpaired) electrons. The Morgan fingerprint density at radius 1 is 1.00 bits per heavy atom. The number of alkyl halides is 3. The van der Waals surface area contributed by atoms with Crippen molar-refractivity contribution in [2.75, 3.05) is 0 Å². The third-order valence-corrected chi connectivity index (χ3v) is 5.09. The van der Waals surface area contributed by atoms with E-state index in [-0.39, 0.29) is 12.3 Å². The van der Waals surface area contributed by atoms with Gasteiger partial charge in [-0.2, -0.15) is 0 Å². The summed E-state index contributed by atoms with van der Waals surface area (Å²) in [6.45, 7) is 0. The lowest BCUT2D eigenvalue weighted by Gasteiger charge is -2.25. The first-order valence-electron chi connectivity index (χ1n) is 6.57. The molecule has 0 saturated heterocycles. The molecule has 6 heteroatoms. The van der Waals surface area contributed by atoms with Crippen molar-refractivity contribution in [2.45, 2.75) is 20.5 Å². The van der Waals surface area contributed by atoms with Gasteiger partial charge in [0.05, 0.1) is 6.42 Å².